The van der Waals surface area contributed by atoms with Crippen molar-refractivity contribution < 1.29 is 4.74 Å². The lowest BCUT2D eigenvalue weighted by Gasteiger charge is -2.27. The number of aliphatic imine (C=N–C) groups is 1. The number of nitrogens with one attached hydrogen (secondary N) is 2. The third kappa shape index (κ3) is 8.56. The van der Waals surface area contributed by atoms with Crippen molar-refractivity contribution in [2.75, 3.05) is 32.8 Å². The molecule has 1 aliphatic rings. The lowest BCUT2D eigenvalue weighted by molar-refractivity contribution is 0.107. The summed E-state index contributed by atoms with van der Waals surface area (Å²) >= 11 is 0. The van der Waals surface area contributed by atoms with Gasteiger partial charge in [0.25, 0.3) is 0 Å². The van der Waals surface area contributed by atoms with Crippen LogP contribution in [0.25, 0.3) is 0 Å². The van der Waals surface area contributed by atoms with E-state index >= 15 is 0 Å². The Morgan fingerprint density at radius 3 is 2.45 bits per heavy atom. The number of halogens is 1. The molecule has 4 nitrogen and oxygen atoms in total. The van der Waals surface area contributed by atoms with E-state index in [1.54, 1.807) is 0 Å². The Kier molecular flexibility index (Phi) is 13.4. The average molecular weight is 425 g/mol. The zero-order chi connectivity index (χ0) is 15.4. The number of unbranched alkanes of at least 4 members (excludes halogenated alkanes) is 1. The molecule has 1 rings (SSSR count). The molecule has 0 radical (unpaired) electrons. The number of rotatable bonds is 10. The van der Waals surface area contributed by atoms with Gasteiger partial charge in [0.2, 0.25) is 0 Å². The third-order valence-corrected chi connectivity index (χ3v) is 4.38. The average Bonchev–Trinajstić information content (AvgIpc) is 2.95. The summed E-state index contributed by atoms with van der Waals surface area (Å²) < 4.78 is 5.57. The Morgan fingerprint density at radius 2 is 1.86 bits per heavy atom. The highest BCUT2D eigenvalue weighted by molar-refractivity contribution is 14.0. The predicted octanol–water partition coefficient (Wildman–Crippen LogP) is 3.95. The number of ether oxygens (including phenoxy) is 1. The van der Waals surface area contributed by atoms with Gasteiger partial charge in [0.15, 0.2) is 5.96 Å². The maximum Gasteiger partial charge on any atom is 0.191 e. The Morgan fingerprint density at radius 1 is 1.14 bits per heavy atom. The lowest BCUT2D eigenvalue weighted by atomic mass is 9.83. The Bertz CT molecular complexity index is 292. The lowest BCUT2D eigenvalue weighted by Crippen LogP contribution is -2.39. The van der Waals surface area contributed by atoms with Crippen molar-refractivity contribution in [3.8, 4) is 0 Å². The molecule has 0 aromatic carbocycles. The van der Waals surface area contributed by atoms with Crippen LogP contribution in [-0.2, 0) is 4.74 Å². The molecule has 0 unspecified atom stereocenters. The van der Waals surface area contributed by atoms with Gasteiger partial charge in [-0.05, 0) is 44.9 Å². The molecule has 0 saturated heterocycles. The van der Waals surface area contributed by atoms with E-state index in [2.05, 4.69) is 31.4 Å². The van der Waals surface area contributed by atoms with E-state index in [9.17, 15) is 0 Å². The molecule has 2 N–H and O–H groups in total. The molecule has 1 aliphatic carbocycles. The SMILES string of the molecule is CCCCNC(=NCC1(CCOCC)CCCC1)NCC.I. The van der Waals surface area contributed by atoms with Crippen LogP contribution in [0.4, 0.5) is 0 Å². The Labute approximate surface area is 154 Å². The van der Waals surface area contributed by atoms with Crippen molar-refractivity contribution in [2.45, 2.75) is 65.7 Å². The molecule has 5 heteroatoms. The summed E-state index contributed by atoms with van der Waals surface area (Å²) in [5.41, 5.74) is 0.377. The second kappa shape index (κ2) is 13.4. The summed E-state index contributed by atoms with van der Waals surface area (Å²) in [7, 11) is 0. The molecule has 0 atom stereocenters. The zero-order valence-corrected chi connectivity index (χ0v) is 17.1. The summed E-state index contributed by atoms with van der Waals surface area (Å²) in [5.74, 6) is 0.980. The smallest absolute Gasteiger partial charge is 0.191 e. The number of guanidine groups is 1. The van der Waals surface area contributed by atoms with Crippen LogP contribution in [0.1, 0.15) is 65.7 Å². The van der Waals surface area contributed by atoms with Gasteiger partial charge in [-0.1, -0.05) is 26.2 Å². The minimum Gasteiger partial charge on any atom is -0.382 e. The van der Waals surface area contributed by atoms with Crippen molar-refractivity contribution >= 4 is 29.9 Å². The molecule has 0 aliphatic heterocycles. The van der Waals surface area contributed by atoms with Crippen LogP contribution >= 0.6 is 24.0 Å². The highest BCUT2D eigenvalue weighted by Gasteiger charge is 2.33. The van der Waals surface area contributed by atoms with Gasteiger partial charge in [-0.3, -0.25) is 4.99 Å². The molecular weight excluding hydrogens is 389 g/mol. The van der Waals surface area contributed by atoms with Crippen molar-refractivity contribution in [3.05, 3.63) is 0 Å². The predicted molar refractivity (Wildman–Crippen MR) is 106 cm³/mol. The van der Waals surface area contributed by atoms with Crippen LogP contribution in [0.5, 0.6) is 0 Å². The van der Waals surface area contributed by atoms with E-state index in [-0.39, 0.29) is 24.0 Å². The fourth-order valence-electron chi connectivity index (χ4n) is 3.02. The van der Waals surface area contributed by atoms with E-state index < -0.39 is 0 Å². The van der Waals surface area contributed by atoms with Gasteiger partial charge < -0.3 is 15.4 Å². The van der Waals surface area contributed by atoms with Gasteiger partial charge in [0, 0.05) is 32.8 Å². The van der Waals surface area contributed by atoms with Gasteiger partial charge in [0.1, 0.15) is 0 Å². The fourth-order valence-corrected chi connectivity index (χ4v) is 3.02. The van der Waals surface area contributed by atoms with Gasteiger partial charge >= 0.3 is 0 Å². The first-order valence-electron chi connectivity index (χ1n) is 8.86. The van der Waals surface area contributed by atoms with Crippen molar-refractivity contribution in [1.29, 1.82) is 0 Å². The van der Waals surface area contributed by atoms with E-state index in [4.69, 9.17) is 9.73 Å². The van der Waals surface area contributed by atoms with Crippen molar-refractivity contribution in [2.24, 2.45) is 10.4 Å². The summed E-state index contributed by atoms with van der Waals surface area (Å²) in [5, 5.41) is 6.80. The van der Waals surface area contributed by atoms with Gasteiger partial charge in [-0.2, -0.15) is 0 Å². The summed E-state index contributed by atoms with van der Waals surface area (Å²) in [4.78, 5) is 4.86. The normalized spacial score (nSPS) is 17.1. The molecule has 132 valence electrons. The Balaban J connectivity index is 0.00000441. The standard InChI is InChI=1S/C17H35N3O.HI/c1-4-7-13-19-16(18-5-2)20-15-17(10-8-9-11-17)12-14-21-6-3;/h4-15H2,1-3H3,(H2,18,19,20);1H. The molecule has 0 spiro atoms. The number of hydrogen-bond donors (Lipinski definition) is 2. The molecule has 1 saturated carbocycles. The minimum atomic E-state index is 0. The first-order chi connectivity index (χ1) is 10.3. The first kappa shape index (κ1) is 22.0. The van der Waals surface area contributed by atoms with E-state index in [0.29, 0.717) is 5.41 Å². The second-order valence-corrected chi connectivity index (χ2v) is 6.13. The van der Waals surface area contributed by atoms with Gasteiger partial charge in [-0.15, -0.1) is 24.0 Å². The van der Waals surface area contributed by atoms with Crippen LogP contribution < -0.4 is 10.6 Å². The summed E-state index contributed by atoms with van der Waals surface area (Å²) in [6.45, 7) is 11.0. The molecule has 0 bridgehead atoms. The monoisotopic (exact) mass is 425 g/mol. The minimum absolute atomic E-state index is 0. The van der Waals surface area contributed by atoms with Crippen LogP contribution in [0.2, 0.25) is 0 Å². The molecule has 0 heterocycles. The largest absolute Gasteiger partial charge is 0.382 e. The number of nitrogens with zero attached hydrogens (tertiary/aromatic N) is 1. The van der Waals surface area contributed by atoms with Gasteiger partial charge in [0.05, 0.1) is 0 Å². The summed E-state index contributed by atoms with van der Waals surface area (Å²) in [6, 6.07) is 0. The maximum atomic E-state index is 5.57. The van der Waals surface area contributed by atoms with Crippen LogP contribution in [-0.4, -0.2) is 38.8 Å². The molecular formula is C17H36IN3O. The van der Waals surface area contributed by atoms with E-state index in [1.165, 1.54) is 38.5 Å². The zero-order valence-electron chi connectivity index (χ0n) is 14.7. The topological polar surface area (TPSA) is 45.7 Å². The van der Waals surface area contributed by atoms with Crippen molar-refractivity contribution in [3.63, 3.8) is 0 Å². The molecule has 0 amide bonds. The van der Waals surface area contributed by atoms with E-state index in [0.717, 1.165) is 45.2 Å². The highest BCUT2D eigenvalue weighted by atomic mass is 127. The van der Waals surface area contributed by atoms with Crippen LogP contribution in [0.15, 0.2) is 4.99 Å². The maximum absolute atomic E-state index is 5.57. The highest BCUT2D eigenvalue weighted by Crippen LogP contribution is 2.41. The Hall–Kier alpha value is -0.0400. The van der Waals surface area contributed by atoms with E-state index in [1.807, 2.05) is 0 Å². The third-order valence-electron chi connectivity index (χ3n) is 4.38. The molecule has 1 fully saturated rings. The first-order valence-corrected chi connectivity index (χ1v) is 8.86. The molecule has 0 aromatic rings. The summed E-state index contributed by atoms with van der Waals surface area (Å²) in [6.07, 6.45) is 8.86. The fraction of sp³-hybridized carbons (Fsp3) is 0.941. The van der Waals surface area contributed by atoms with Gasteiger partial charge in [-0.25, -0.2) is 0 Å². The molecule has 22 heavy (non-hydrogen) atoms. The van der Waals surface area contributed by atoms with Crippen molar-refractivity contribution in [1.82, 2.24) is 10.6 Å². The number of hydrogen-bond acceptors (Lipinski definition) is 2. The quantitative estimate of drug-likeness (QED) is 0.241. The molecule has 0 aromatic heterocycles. The van der Waals surface area contributed by atoms with Crippen LogP contribution in [0, 0.1) is 5.41 Å². The second-order valence-electron chi connectivity index (χ2n) is 6.13. The van der Waals surface area contributed by atoms with Crippen LogP contribution in [0.3, 0.4) is 0 Å².